The lowest BCUT2D eigenvalue weighted by Gasteiger charge is -2.44. The van der Waals surface area contributed by atoms with Crippen LogP contribution in [0.15, 0.2) is 24.3 Å². The van der Waals surface area contributed by atoms with E-state index in [-0.39, 0.29) is 0 Å². The predicted octanol–water partition coefficient (Wildman–Crippen LogP) is 2.67. The van der Waals surface area contributed by atoms with Crippen LogP contribution in [0.2, 0.25) is 0 Å². The third kappa shape index (κ3) is 3.08. The standard InChI is InChI=1S/C16H23N3/c1-4-14-5-7-15(8-6-14)19-11-13(2)18(3)16(12-19)9-10-17/h5-8,13,16H,4,9,11-12H2,1-3H3. The molecule has 0 aliphatic carbocycles. The van der Waals surface area contributed by atoms with Crippen molar-refractivity contribution in [3.05, 3.63) is 29.8 Å². The van der Waals surface area contributed by atoms with Gasteiger partial charge < -0.3 is 4.90 Å². The highest BCUT2D eigenvalue weighted by atomic mass is 15.3. The Balaban J connectivity index is 2.13. The molecule has 0 saturated carbocycles. The van der Waals surface area contributed by atoms with Crippen LogP contribution in [0.1, 0.15) is 25.8 Å². The maximum absolute atomic E-state index is 8.95. The van der Waals surface area contributed by atoms with Gasteiger partial charge in [0.2, 0.25) is 0 Å². The first kappa shape index (κ1) is 13.9. The molecule has 102 valence electrons. The molecular weight excluding hydrogens is 234 g/mol. The Hall–Kier alpha value is -1.53. The molecule has 1 aromatic rings. The molecule has 0 aromatic heterocycles. The molecule has 1 saturated heterocycles. The number of likely N-dealkylation sites (N-methyl/N-ethyl adjacent to an activating group) is 1. The number of anilines is 1. The zero-order chi connectivity index (χ0) is 13.8. The third-order valence-electron chi connectivity index (χ3n) is 4.22. The molecule has 1 aromatic carbocycles. The number of nitrogens with zero attached hydrogens (tertiary/aromatic N) is 3. The van der Waals surface area contributed by atoms with Gasteiger partial charge in [-0.05, 0) is 38.1 Å². The van der Waals surface area contributed by atoms with Crippen LogP contribution in [-0.2, 0) is 6.42 Å². The van der Waals surface area contributed by atoms with E-state index in [1.807, 2.05) is 0 Å². The second-order valence-corrected chi connectivity index (χ2v) is 5.46. The van der Waals surface area contributed by atoms with Gasteiger partial charge in [-0.2, -0.15) is 5.26 Å². The summed E-state index contributed by atoms with van der Waals surface area (Å²) in [5.74, 6) is 0. The van der Waals surface area contributed by atoms with Crippen molar-refractivity contribution in [1.82, 2.24) is 4.90 Å². The monoisotopic (exact) mass is 257 g/mol. The molecular formula is C16H23N3. The fourth-order valence-electron chi connectivity index (χ4n) is 2.73. The molecule has 1 heterocycles. The van der Waals surface area contributed by atoms with Gasteiger partial charge in [-0.25, -0.2) is 0 Å². The first-order valence-electron chi connectivity index (χ1n) is 7.08. The Labute approximate surface area is 116 Å². The van der Waals surface area contributed by atoms with Crippen LogP contribution < -0.4 is 4.90 Å². The first-order valence-corrected chi connectivity index (χ1v) is 7.08. The zero-order valence-electron chi connectivity index (χ0n) is 12.1. The van der Waals surface area contributed by atoms with Gasteiger partial charge >= 0.3 is 0 Å². The maximum atomic E-state index is 8.95. The van der Waals surface area contributed by atoms with Gasteiger partial charge in [-0.3, -0.25) is 4.90 Å². The number of nitriles is 1. The summed E-state index contributed by atoms with van der Waals surface area (Å²) in [6.45, 7) is 6.39. The number of benzene rings is 1. The molecule has 1 fully saturated rings. The van der Waals surface area contributed by atoms with E-state index >= 15 is 0 Å². The molecule has 0 radical (unpaired) electrons. The van der Waals surface area contributed by atoms with E-state index in [4.69, 9.17) is 5.26 Å². The fourth-order valence-corrected chi connectivity index (χ4v) is 2.73. The number of rotatable bonds is 3. The number of piperazine rings is 1. The summed E-state index contributed by atoms with van der Waals surface area (Å²) >= 11 is 0. The molecule has 1 aliphatic heterocycles. The second kappa shape index (κ2) is 6.08. The van der Waals surface area contributed by atoms with Crippen molar-refractivity contribution in [3.8, 4) is 6.07 Å². The quantitative estimate of drug-likeness (QED) is 0.834. The highest BCUT2D eigenvalue weighted by molar-refractivity contribution is 5.48. The summed E-state index contributed by atoms with van der Waals surface area (Å²) in [7, 11) is 2.13. The summed E-state index contributed by atoms with van der Waals surface area (Å²) in [6, 6.07) is 12.0. The molecule has 0 bridgehead atoms. The summed E-state index contributed by atoms with van der Waals surface area (Å²) < 4.78 is 0. The third-order valence-corrected chi connectivity index (χ3v) is 4.22. The Bertz CT molecular complexity index is 446. The highest BCUT2D eigenvalue weighted by Crippen LogP contribution is 2.23. The second-order valence-electron chi connectivity index (χ2n) is 5.46. The maximum Gasteiger partial charge on any atom is 0.0638 e. The van der Waals surface area contributed by atoms with E-state index < -0.39 is 0 Å². The number of hydrogen-bond acceptors (Lipinski definition) is 3. The molecule has 2 atom stereocenters. The van der Waals surface area contributed by atoms with Crippen molar-refractivity contribution in [2.24, 2.45) is 0 Å². The molecule has 19 heavy (non-hydrogen) atoms. The van der Waals surface area contributed by atoms with Gasteiger partial charge in [-0.1, -0.05) is 19.1 Å². The summed E-state index contributed by atoms with van der Waals surface area (Å²) in [4.78, 5) is 4.74. The van der Waals surface area contributed by atoms with Crippen LogP contribution in [0, 0.1) is 11.3 Å². The van der Waals surface area contributed by atoms with E-state index in [0.29, 0.717) is 18.5 Å². The summed E-state index contributed by atoms with van der Waals surface area (Å²) in [5, 5.41) is 8.95. The topological polar surface area (TPSA) is 30.3 Å². The Kier molecular flexibility index (Phi) is 4.44. The van der Waals surface area contributed by atoms with Gasteiger partial charge in [0.25, 0.3) is 0 Å². The minimum Gasteiger partial charge on any atom is -0.368 e. The van der Waals surface area contributed by atoms with Gasteiger partial charge in [0.1, 0.15) is 0 Å². The summed E-state index contributed by atoms with van der Waals surface area (Å²) in [6.07, 6.45) is 1.68. The van der Waals surface area contributed by atoms with Crippen molar-refractivity contribution >= 4 is 5.69 Å². The molecule has 0 N–H and O–H groups in total. The molecule has 3 heteroatoms. The lowest BCUT2D eigenvalue weighted by Crippen LogP contribution is -2.56. The zero-order valence-corrected chi connectivity index (χ0v) is 12.1. The van der Waals surface area contributed by atoms with Crippen molar-refractivity contribution in [3.63, 3.8) is 0 Å². The Morgan fingerprint density at radius 2 is 1.95 bits per heavy atom. The van der Waals surface area contributed by atoms with Crippen LogP contribution >= 0.6 is 0 Å². The lowest BCUT2D eigenvalue weighted by atomic mass is 10.0. The lowest BCUT2D eigenvalue weighted by molar-refractivity contribution is 0.160. The molecule has 2 unspecified atom stereocenters. The van der Waals surface area contributed by atoms with Gasteiger partial charge in [0.15, 0.2) is 0 Å². The number of hydrogen-bond donors (Lipinski definition) is 0. The van der Waals surface area contributed by atoms with Crippen molar-refractivity contribution in [1.29, 1.82) is 5.26 Å². The van der Waals surface area contributed by atoms with E-state index in [1.165, 1.54) is 11.3 Å². The fraction of sp³-hybridized carbons (Fsp3) is 0.562. The SMILES string of the molecule is CCc1ccc(N2CC(C)N(C)C(CC#N)C2)cc1. The average molecular weight is 257 g/mol. The molecule has 1 aliphatic rings. The van der Waals surface area contributed by atoms with E-state index in [9.17, 15) is 0 Å². The van der Waals surface area contributed by atoms with Crippen LogP contribution in [-0.4, -0.2) is 37.1 Å². The predicted molar refractivity (Wildman–Crippen MR) is 79.3 cm³/mol. The van der Waals surface area contributed by atoms with Crippen molar-refractivity contribution in [2.45, 2.75) is 38.8 Å². The minimum absolute atomic E-state index is 0.333. The van der Waals surface area contributed by atoms with Crippen LogP contribution in [0.3, 0.4) is 0 Å². The number of aryl methyl sites for hydroxylation is 1. The van der Waals surface area contributed by atoms with Gasteiger partial charge in [-0.15, -0.1) is 0 Å². The Morgan fingerprint density at radius 1 is 1.26 bits per heavy atom. The molecule has 0 spiro atoms. The van der Waals surface area contributed by atoms with Crippen LogP contribution in [0.4, 0.5) is 5.69 Å². The van der Waals surface area contributed by atoms with Crippen molar-refractivity contribution in [2.75, 3.05) is 25.0 Å². The largest absolute Gasteiger partial charge is 0.368 e. The van der Waals surface area contributed by atoms with Crippen molar-refractivity contribution < 1.29 is 0 Å². The summed E-state index contributed by atoms with van der Waals surface area (Å²) in [5.41, 5.74) is 2.65. The van der Waals surface area contributed by atoms with Gasteiger partial charge in [0.05, 0.1) is 12.5 Å². The van der Waals surface area contributed by atoms with Crippen LogP contribution in [0.5, 0.6) is 0 Å². The minimum atomic E-state index is 0.333. The average Bonchev–Trinajstić information content (AvgIpc) is 2.44. The van der Waals surface area contributed by atoms with E-state index in [2.05, 4.69) is 61.0 Å². The van der Waals surface area contributed by atoms with E-state index in [1.54, 1.807) is 0 Å². The molecule has 3 nitrogen and oxygen atoms in total. The first-order chi connectivity index (χ1) is 9.15. The molecule has 2 rings (SSSR count). The smallest absolute Gasteiger partial charge is 0.0638 e. The van der Waals surface area contributed by atoms with E-state index in [0.717, 1.165) is 19.5 Å². The Morgan fingerprint density at radius 3 is 2.53 bits per heavy atom. The van der Waals surface area contributed by atoms with Gasteiger partial charge in [0, 0.05) is 30.9 Å². The molecule has 0 amide bonds. The normalized spacial score (nSPS) is 24.2. The highest BCUT2D eigenvalue weighted by Gasteiger charge is 2.29. The van der Waals surface area contributed by atoms with Crippen LogP contribution in [0.25, 0.3) is 0 Å².